The maximum absolute atomic E-state index is 12.7. The van der Waals surface area contributed by atoms with Gasteiger partial charge in [-0.15, -0.1) is 0 Å². The lowest BCUT2D eigenvalue weighted by Gasteiger charge is -2.27. The highest BCUT2D eigenvalue weighted by Crippen LogP contribution is 2.35. The standard InChI is InChI=1S/C15H18N2O3/c18-14(19)9-17(11-4-2-1-3-5-11)15(20)12-8-10-6-7-13(12)16-10/h1-5,10,12-13,16H,6-9H2,(H,18,19). The summed E-state index contributed by atoms with van der Waals surface area (Å²) in [5.41, 5.74) is 0.655. The Morgan fingerprint density at radius 3 is 2.55 bits per heavy atom. The minimum absolute atomic E-state index is 0.0710. The molecule has 1 aromatic rings. The third kappa shape index (κ3) is 2.41. The van der Waals surface area contributed by atoms with Crippen LogP contribution in [0.5, 0.6) is 0 Å². The van der Waals surface area contributed by atoms with Gasteiger partial charge in [0.1, 0.15) is 6.54 Å². The molecule has 1 aromatic carbocycles. The van der Waals surface area contributed by atoms with Crippen LogP contribution in [0.2, 0.25) is 0 Å². The number of nitrogens with zero attached hydrogens (tertiary/aromatic N) is 1. The van der Waals surface area contributed by atoms with Crippen molar-refractivity contribution in [3.05, 3.63) is 30.3 Å². The highest BCUT2D eigenvalue weighted by atomic mass is 16.4. The molecule has 2 saturated heterocycles. The van der Waals surface area contributed by atoms with E-state index in [1.54, 1.807) is 12.1 Å². The smallest absolute Gasteiger partial charge is 0.323 e. The van der Waals surface area contributed by atoms with Gasteiger partial charge < -0.3 is 15.3 Å². The number of amides is 1. The Hall–Kier alpha value is -1.88. The van der Waals surface area contributed by atoms with Crippen molar-refractivity contribution in [2.24, 2.45) is 5.92 Å². The molecule has 2 N–H and O–H groups in total. The molecule has 0 aliphatic carbocycles. The van der Waals surface area contributed by atoms with Crippen LogP contribution in [0, 0.1) is 5.92 Å². The van der Waals surface area contributed by atoms with E-state index in [-0.39, 0.29) is 24.4 Å². The summed E-state index contributed by atoms with van der Waals surface area (Å²) in [7, 11) is 0. The van der Waals surface area contributed by atoms with Gasteiger partial charge in [0.05, 0.1) is 5.92 Å². The summed E-state index contributed by atoms with van der Waals surface area (Å²) >= 11 is 0. The summed E-state index contributed by atoms with van der Waals surface area (Å²) in [6.07, 6.45) is 2.96. The van der Waals surface area contributed by atoms with E-state index in [0.29, 0.717) is 11.7 Å². The molecule has 2 heterocycles. The molecule has 1 amide bonds. The highest BCUT2D eigenvalue weighted by Gasteiger charge is 2.44. The molecule has 5 heteroatoms. The van der Waals surface area contributed by atoms with Crippen molar-refractivity contribution in [2.45, 2.75) is 31.3 Å². The number of carbonyl (C=O) groups excluding carboxylic acids is 1. The molecule has 2 aliphatic rings. The molecule has 2 aliphatic heterocycles. The van der Waals surface area contributed by atoms with Crippen molar-refractivity contribution in [3.8, 4) is 0 Å². The quantitative estimate of drug-likeness (QED) is 0.867. The maximum atomic E-state index is 12.7. The zero-order chi connectivity index (χ0) is 14.1. The first-order chi connectivity index (χ1) is 9.65. The number of fused-ring (bicyclic) bond motifs is 2. The molecular formula is C15H18N2O3. The van der Waals surface area contributed by atoms with Crippen LogP contribution in [0.1, 0.15) is 19.3 Å². The van der Waals surface area contributed by atoms with Crippen LogP contribution in [0.4, 0.5) is 5.69 Å². The fourth-order valence-corrected chi connectivity index (χ4v) is 3.34. The second-order valence-electron chi connectivity index (χ2n) is 5.54. The van der Waals surface area contributed by atoms with E-state index in [2.05, 4.69) is 5.32 Å². The van der Waals surface area contributed by atoms with Gasteiger partial charge in [-0.25, -0.2) is 0 Å². The van der Waals surface area contributed by atoms with Crippen molar-refractivity contribution < 1.29 is 14.7 Å². The molecule has 3 unspecified atom stereocenters. The number of aliphatic carboxylic acids is 1. The fraction of sp³-hybridized carbons (Fsp3) is 0.467. The van der Waals surface area contributed by atoms with Gasteiger partial charge in [-0.3, -0.25) is 9.59 Å². The van der Waals surface area contributed by atoms with Crippen LogP contribution < -0.4 is 10.2 Å². The Morgan fingerprint density at radius 2 is 2.00 bits per heavy atom. The molecule has 0 saturated carbocycles. The number of carbonyl (C=O) groups is 2. The molecule has 5 nitrogen and oxygen atoms in total. The summed E-state index contributed by atoms with van der Waals surface area (Å²) in [6.45, 7) is -0.281. The summed E-state index contributed by atoms with van der Waals surface area (Å²) in [5.74, 6) is -1.15. The predicted molar refractivity (Wildman–Crippen MR) is 74.5 cm³/mol. The van der Waals surface area contributed by atoms with Crippen LogP contribution in [0.15, 0.2) is 30.3 Å². The molecule has 2 bridgehead atoms. The van der Waals surface area contributed by atoms with E-state index in [0.717, 1.165) is 19.3 Å². The molecule has 2 fully saturated rings. The van der Waals surface area contributed by atoms with Crippen molar-refractivity contribution >= 4 is 17.6 Å². The van der Waals surface area contributed by atoms with E-state index in [4.69, 9.17) is 5.11 Å². The van der Waals surface area contributed by atoms with Gasteiger partial charge in [0.25, 0.3) is 0 Å². The Labute approximate surface area is 117 Å². The molecule has 0 aromatic heterocycles. The molecule has 3 rings (SSSR count). The van der Waals surface area contributed by atoms with Crippen LogP contribution >= 0.6 is 0 Å². The second kappa shape index (κ2) is 5.25. The lowest BCUT2D eigenvalue weighted by atomic mass is 9.88. The number of benzene rings is 1. The number of carboxylic acids is 1. The number of anilines is 1. The number of para-hydroxylation sites is 1. The lowest BCUT2D eigenvalue weighted by molar-refractivity contribution is -0.137. The normalized spacial score (nSPS) is 27.5. The van der Waals surface area contributed by atoms with Crippen LogP contribution in [0.3, 0.4) is 0 Å². The number of nitrogens with one attached hydrogen (secondary N) is 1. The van der Waals surface area contributed by atoms with E-state index in [1.807, 2.05) is 18.2 Å². The Bertz CT molecular complexity index is 517. The Kier molecular flexibility index (Phi) is 3.44. The lowest BCUT2D eigenvalue weighted by Crippen LogP contribution is -2.43. The van der Waals surface area contributed by atoms with Gasteiger partial charge in [-0.2, -0.15) is 0 Å². The van der Waals surface area contributed by atoms with E-state index in [1.165, 1.54) is 4.90 Å². The zero-order valence-corrected chi connectivity index (χ0v) is 11.2. The van der Waals surface area contributed by atoms with E-state index >= 15 is 0 Å². The molecular weight excluding hydrogens is 256 g/mol. The number of hydrogen-bond acceptors (Lipinski definition) is 3. The molecule has 0 radical (unpaired) electrons. The summed E-state index contributed by atoms with van der Waals surface area (Å²) in [4.78, 5) is 25.1. The zero-order valence-electron chi connectivity index (χ0n) is 11.2. The van der Waals surface area contributed by atoms with Gasteiger partial charge in [-0.05, 0) is 31.4 Å². The first-order valence-electron chi connectivity index (χ1n) is 6.99. The highest BCUT2D eigenvalue weighted by molar-refractivity contribution is 5.99. The average Bonchev–Trinajstić information content (AvgIpc) is 3.07. The Morgan fingerprint density at radius 1 is 1.25 bits per heavy atom. The van der Waals surface area contributed by atoms with Gasteiger partial charge in [-0.1, -0.05) is 18.2 Å². The largest absolute Gasteiger partial charge is 0.480 e. The molecule has 3 atom stereocenters. The topological polar surface area (TPSA) is 69.6 Å². The summed E-state index contributed by atoms with van der Waals surface area (Å²) < 4.78 is 0. The monoisotopic (exact) mass is 274 g/mol. The van der Waals surface area contributed by atoms with Gasteiger partial charge >= 0.3 is 5.97 Å². The number of rotatable bonds is 4. The Balaban J connectivity index is 1.82. The maximum Gasteiger partial charge on any atom is 0.323 e. The average molecular weight is 274 g/mol. The summed E-state index contributed by atoms with van der Waals surface area (Å²) in [6, 6.07) is 9.69. The van der Waals surface area contributed by atoms with Crippen molar-refractivity contribution in [1.29, 1.82) is 0 Å². The predicted octanol–water partition coefficient (Wildman–Crippen LogP) is 1.24. The molecule has 0 spiro atoms. The van der Waals surface area contributed by atoms with E-state index < -0.39 is 5.97 Å². The molecule has 20 heavy (non-hydrogen) atoms. The van der Waals surface area contributed by atoms with Crippen molar-refractivity contribution in [1.82, 2.24) is 5.32 Å². The number of hydrogen-bond donors (Lipinski definition) is 2. The van der Waals surface area contributed by atoms with Crippen LogP contribution in [0.25, 0.3) is 0 Å². The summed E-state index contributed by atoms with van der Waals surface area (Å²) in [5, 5.41) is 12.5. The number of carboxylic acid groups (broad SMARTS) is 1. The minimum Gasteiger partial charge on any atom is -0.480 e. The minimum atomic E-state index is -0.988. The van der Waals surface area contributed by atoms with Crippen molar-refractivity contribution in [2.75, 3.05) is 11.4 Å². The van der Waals surface area contributed by atoms with Gasteiger partial charge in [0.15, 0.2) is 0 Å². The first kappa shape index (κ1) is 13.1. The second-order valence-corrected chi connectivity index (χ2v) is 5.54. The van der Waals surface area contributed by atoms with E-state index in [9.17, 15) is 9.59 Å². The molecule has 106 valence electrons. The SMILES string of the molecule is O=C(O)CN(C(=O)C1CC2CCC1N2)c1ccccc1. The van der Waals surface area contributed by atoms with Crippen molar-refractivity contribution in [3.63, 3.8) is 0 Å². The van der Waals surface area contributed by atoms with Gasteiger partial charge in [0.2, 0.25) is 5.91 Å². The third-order valence-corrected chi connectivity index (χ3v) is 4.24. The van der Waals surface area contributed by atoms with Gasteiger partial charge in [0, 0.05) is 17.8 Å². The van der Waals surface area contributed by atoms with Crippen LogP contribution in [-0.4, -0.2) is 35.6 Å². The van der Waals surface area contributed by atoms with Crippen LogP contribution in [-0.2, 0) is 9.59 Å². The third-order valence-electron chi connectivity index (χ3n) is 4.24. The fourth-order valence-electron chi connectivity index (χ4n) is 3.34. The first-order valence-corrected chi connectivity index (χ1v) is 6.99.